The summed E-state index contributed by atoms with van der Waals surface area (Å²) in [4.78, 5) is 6.99. The van der Waals surface area contributed by atoms with Crippen molar-refractivity contribution in [2.24, 2.45) is 0 Å². The van der Waals surface area contributed by atoms with Crippen molar-refractivity contribution in [3.05, 3.63) is 23.4 Å². The Morgan fingerprint density at radius 3 is 2.35 bits per heavy atom. The van der Waals surface area contributed by atoms with Crippen molar-refractivity contribution in [2.45, 2.75) is 45.6 Å². The summed E-state index contributed by atoms with van der Waals surface area (Å²) in [5.41, 5.74) is 1.88. The molecule has 2 rings (SSSR count). The highest BCUT2D eigenvalue weighted by Crippen LogP contribution is 2.19. The van der Waals surface area contributed by atoms with Crippen LogP contribution in [-0.4, -0.2) is 23.2 Å². The van der Waals surface area contributed by atoms with Crippen LogP contribution >= 0.6 is 0 Å². The van der Waals surface area contributed by atoms with Gasteiger partial charge in [-0.2, -0.15) is 0 Å². The molecule has 3 heteroatoms. The summed E-state index contributed by atoms with van der Waals surface area (Å²) >= 11 is 0. The van der Waals surface area contributed by atoms with E-state index in [0.29, 0.717) is 0 Å². The quantitative estimate of drug-likeness (QED) is 0.854. The SMILES string of the molecule is Cc1nc(N2CCCCCCC2)ccc1CO. The molecule has 3 nitrogen and oxygen atoms in total. The van der Waals surface area contributed by atoms with Gasteiger partial charge in [-0.05, 0) is 31.4 Å². The summed E-state index contributed by atoms with van der Waals surface area (Å²) in [6, 6.07) is 4.04. The van der Waals surface area contributed by atoms with E-state index < -0.39 is 0 Å². The molecule has 1 aromatic rings. The number of anilines is 1. The standard InChI is InChI=1S/C14H22N2O/c1-12-13(11-17)7-8-14(15-12)16-9-5-3-2-4-6-10-16/h7-8,17H,2-6,9-11H2,1H3. The van der Waals surface area contributed by atoms with E-state index in [1.54, 1.807) is 0 Å². The second kappa shape index (κ2) is 6.01. The lowest BCUT2D eigenvalue weighted by Gasteiger charge is -2.26. The van der Waals surface area contributed by atoms with Gasteiger partial charge in [-0.1, -0.05) is 25.3 Å². The number of pyridine rings is 1. The second-order valence-corrected chi connectivity index (χ2v) is 4.83. The monoisotopic (exact) mass is 234 g/mol. The van der Waals surface area contributed by atoms with Gasteiger partial charge in [0.05, 0.1) is 6.61 Å². The highest BCUT2D eigenvalue weighted by Gasteiger charge is 2.11. The summed E-state index contributed by atoms with van der Waals surface area (Å²) in [5.74, 6) is 1.07. The molecule has 1 fully saturated rings. The lowest BCUT2D eigenvalue weighted by Crippen LogP contribution is -2.28. The van der Waals surface area contributed by atoms with E-state index in [4.69, 9.17) is 5.11 Å². The van der Waals surface area contributed by atoms with E-state index in [2.05, 4.69) is 9.88 Å². The topological polar surface area (TPSA) is 36.4 Å². The van der Waals surface area contributed by atoms with E-state index in [1.807, 2.05) is 19.1 Å². The van der Waals surface area contributed by atoms with Crippen LogP contribution < -0.4 is 4.90 Å². The molecule has 0 atom stereocenters. The number of nitrogens with zero attached hydrogens (tertiary/aromatic N) is 2. The fourth-order valence-corrected chi connectivity index (χ4v) is 2.40. The Hall–Kier alpha value is -1.09. The molecule has 94 valence electrons. The summed E-state index contributed by atoms with van der Waals surface area (Å²) in [7, 11) is 0. The van der Waals surface area contributed by atoms with Gasteiger partial charge in [-0.25, -0.2) is 4.98 Å². The van der Waals surface area contributed by atoms with Crippen molar-refractivity contribution in [1.29, 1.82) is 0 Å². The molecule has 0 saturated carbocycles. The lowest BCUT2D eigenvalue weighted by atomic mass is 10.1. The van der Waals surface area contributed by atoms with Gasteiger partial charge in [-0.3, -0.25) is 0 Å². The summed E-state index contributed by atoms with van der Waals surface area (Å²) in [5, 5.41) is 9.15. The fraction of sp³-hybridized carbons (Fsp3) is 0.643. The Labute approximate surface area is 103 Å². The molecule has 1 aliphatic heterocycles. The summed E-state index contributed by atoms with van der Waals surface area (Å²) in [6.07, 6.45) is 6.59. The number of hydrogen-bond donors (Lipinski definition) is 1. The molecule has 17 heavy (non-hydrogen) atoms. The molecule has 0 radical (unpaired) electrons. The number of aryl methyl sites for hydroxylation is 1. The van der Waals surface area contributed by atoms with Crippen LogP contribution in [0.4, 0.5) is 5.82 Å². The number of aliphatic hydroxyl groups is 1. The average molecular weight is 234 g/mol. The number of aliphatic hydroxyl groups excluding tert-OH is 1. The lowest BCUT2D eigenvalue weighted by molar-refractivity contribution is 0.280. The van der Waals surface area contributed by atoms with Gasteiger partial charge in [0.1, 0.15) is 5.82 Å². The molecule has 1 aromatic heterocycles. The predicted octanol–water partition coefficient (Wildman–Crippen LogP) is 2.65. The van der Waals surface area contributed by atoms with E-state index in [0.717, 1.165) is 30.2 Å². The normalized spacial score (nSPS) is 17.6. The van der Waals surface area contributed by atoms with Crippen molar-refractivity contribution >= 4 is 5.82 Å². The van der Waals surface area contributed by atoms with Crippen LogP contribution in [0.2, 0.25) is 0 Å². The van der Waals surface area contributed by atoms with Crippen LogP contribution in [0.5, 0.6) is 0 Å². The maximum Gasteiger partial charge on any atom is 0.128 e. The fourth-order valence-electron chi connectivity index (χ4n) is 2.40. The third-order valence-electron chi connectivity index (χ3n) is 3.53. The Morgan fingerprint density at radius 2 is 1.76 bits per heavy atom. The van der Waals surface area contributed by atoms with Crippen LogP contribution in [0.3, 0.4) is 0 Å². The van der Waals surface area contributed by atoms with Gasteiger partial charge in [0.2, 0.25) is 0 Å². The van der Waals surface area contributed by atoms with Crippen LogP contribution in [0.25, 0.3) is 0 Å². The zero-order valence-corrected chi connectivity index (χ0v) is 10.7. The van der Waals surface area contributed by atoms with Crippen LogP contribution in [-0.2, 0) is 6.61 Å². The highest BCUT2D eigenvalue weighted by molar-refractivity contribution is 5.41. The van der Waals surface area contributed by atoms with Crippen LogP contribution in [0.1, 0.15) is 43.4 Å². The minimum Gasteiger partial charge on any atom is -0.392 e. The highest BCUT2D eigenvalue weighted by atomic mass is 16.3. The molecule has 0 bridgehead atoms. The minimum atomic E-state index is 0.0825. The Bertz CT molecular complexity index is 357. The van der Waals surface area contributed by atoms with E-state index in [9.17, 15) is 0 Å². The number of rotatable bonds is 2. The molecular weight excluding hydrogens is 212 g/mol. The molecule has 1 saturated heterocycles. The maximum atomic E-state index is 9.15. The first-order valence-electron chi connectivity index (χ1n) is 6.63. The van der Waals surface area contributed by atoms with Gasteiger partial charge in [-0.15, -0.1) is 0 Å². The van der Waals surface area contributed by atoms with Crippen molar-refractivity contribution < 1.29 is 5.11 Å². The second-order valence-electron chi connectivity index (χ2n) is 4.83. The molecule has 2 heterocycles. The van der Waals surface area contributed by atoms with Crippen molar-refractivity contribution in [1.82, 2.24) is 4.98 Å². The predicted molar refractivity (Wildman–Crippen MR) is 70.2 cm³/mol. The van der Waals surface area contributed by atoms with Gasteiger partial charge < -0.3 is 10.0 Å². The van der Waals surface area contributed by atoms with Crippen molar-refractivity contribution in [2.75, 3.05) is 18.0 Å². The van der Waals surface area contributed by atoms with Gasteiger partial charge in [0.25, 0.3) is 0 Å². The average Bonchev–Trinajstić information content (AvgIpc) is 2.28. The summed E-state index contributed by atoms with van der Waals surface area (Å²) in [6.45, 7) is 4.29. The Balaban J connectivity index is 2.11. The number of aromatic nitrogens is 1. The maximum absolute atomic E-state index is 9.15. The molecule has 0 unspecified atom stereocenters. The molecule has 1 N–H and O–H groups in total. The van der Waals surface area contributed by atoms with Crippen LogP contribution in [0, 0.1) is 6.92 Å². The molecule has 0 spiro atoms. The molecule has 1 aliphatic rings. The smallest absolute Gasteiger partial charge is 0.128 e. The third-order valence-corrected chi connectivity index (χ3v) is 3.53. The van der Waals surface area contributed by atoms with E-state index >= 15 is 0 Å². The largest absolute Gasteiger partial charge is 0.392 e. The van der Waals surface area contributed by atoms with Crippen molar-refractivity contribution in [3.63, 3.8) is 0 Å². The van der Waals surface area contributed by atoms with Crippen molar-refractivity contribution in [3.8, 4) is 0 Å². The molecular formula is C14H22N2O. The van der Waals surface area contributed by atoms with Gasteiger partial charge in [0, 0.05) is 18.8 Å². The van der Waals surface area contributed by atoms with Gasteiger partial charge >= 0.3 is 0 Å². The minimum absolute atomic E-state index is 0.0825. The molecule has 0 aliphatic carbocycles. The first-order valence-corrected chi connectivity index (χ1v) is 6.63. The van der Waals surface area contributed by atoms with E-state index in [1.165, 1.54) is 32.1 Å². The van der Waals surface area contributed by atoms with Crippen LogP contribution in [0.15, 0.2) is 12.1 Å². The number of hydrogen-bond acceptors (Lipinski definition) is 3. The first kappa shape index (κ1) is 12.4. The summed E-state index contributed by atoms with van der Waals surface area (Å²) < 4.78 is 0. The van der Waals surface area contributed by atoms with Gasteiger partial charge in [0.15, 0.2) is 0 Å². The van der Waals surface area contributed by atoms with E-state index in [-0.39, 0.29) is 6.61 Å². The molecule has 0 aromatic carbocycles. The molecule has 0 amide bonds. The zero-order chi connectivity index (χ0) is 12.1. The first-order chi connectivity index (χ1) is 8.31. The Kier molecular flexibility index (Phi) is 4.37. The Morgan fingerprint density at radius 1 is 1.12 bits per heavy atom. The third kappa shape index (κ3) is 3.19. The zero-order valence-electron chi connectivity index (χ0n) is 10.7.